The van der Waals surface area contributed by atoms with Gasteiger partial charge in [0.2, 0.25) is 0 Å². The van der Waals surface area contributed by atoms with Crippen molar-refractivity contribution >= 4 is 21.8 Å². The largest absolute Gasteiger partial charge is 0.334 e. The highest BCUT2D eigenvalue weighted by atomic mass is 79.9. The summed E-state index contributed by atoms with van der Waals surface area (Å²) in [6, 6.07) is 2.24. The number of amides is 1. The van der Waals surface area contributed by atoms with Gasteiger partial charge in [-0.05, 0) is 32.3 Å². The zero-order chi connectivity index (χ0) is 15.1. The minimum absolute atomic E-state index is 0.104. The third-order valence-corrected chi connectivity index (χ3v) is 4.04. The van der Waals surface area contributed by atoms with E-state index in [4.69, 9.17) is 0 Å². The van der Waals surface area contributed by atoms with Crippen LogP contribution < -0.4 is 0 Å². The van der Waals surface area contributed by atoms with Crippen molar-refractivity contribution in [3.05, 3.63) is 17.5 Å². The van der Waals surface area contributed by atoms with Gasteiger partial charge < -0.3 is 4.90 Å². The zero-order valence-corrected chi connectivity index (χ0v) is 14.6. The summed E-state index contributed by atoms with van der Waals surface area (Å²) in [4.78, 5) is 14.8. The van der Waals surface area contributed by atoms with Crippen LogP contribution in [0.5, 0.6) is 0 Å². The van der Waals surface area contributed by atoms with Crippen LogP contribution in [0.3, 0.4) is 0 Å². The molecule has 20 heavy (non-hydrogen) atoms. The van der Waals surface area contributed by atoms with Crippen LogP contribution in [0.15, 0.2) is 6.07 Å². The van der Waals surface area contributed by atoms with Gasteiger partial charge in [0, 0.05) is 24.5 Å². The Morgan fingerprint density at radius 1 is 1.35 bits per heavy atom. The van der Waals surface area contributed by atoms with Gasteiger partial charge in [-0.25, -0.2) is 0 Å². The predicted octanol–water partition coefficient (Wildman–Crippen LogP) is 3.49. The third-order valence-electron chi connectivity index (χ3n) is 3.68. The van der Waals surface area contributed by atoms with E-state index in [1.807, 2.05) is 22.6 Å². The number of hydrogen-bond donors (Lipinski definition) is 0. The Kier molecular flexibility index (Phi) is 7.27. The molecule has 1 heterocycles. The number of hydrogen-bond acceptors (Lipinski definition) is 2. The zero-order valence-electron chi connectivity index (χ0n) is 13.0. The second kappa shape index (κ2) is 8.45. The number of aryl methyl sites for hydroxylation is 2. The van der Waals surface area contributed by atoms with E-state index in [0.29, 0.717) is 6.04 Å². The summed E-state index contributed by atoms with van der Waals surface area (Å²) in [5, 5.41) is 5.28. The average molecular weight is 344 g/mol. The average Bonchev–Trinajstić information content (AvgIpc) is 2.90. The molecule has 0 fully saturated rings. The van der Waals surface area contributed by atoms with Crippen molar-refractivity contribution in [1.82, 2.24) is 14.7 Å². The van der Waals surface area contributed by atoms with Gasteiger partial charge in [-0.1, -0.05) is 36.7 Å². The van der Waals surface area contributed by atoms with E-state index < -0.39 is 0 Å². The van der Waals surface area contributed by atoms with Crippen molar-refractivity contribution in [3.8, 4) is 0 Å². The van der Waals surface area contributed by atoms with Crippen LogP contribution in [0.1, 0.15) is 56.7 Å². The molecule has 0 N–H and O–H groups in total. The van der Waals surface area contributed by atoms with Crippen LogP contribution in [-0.2, 0) is 13.0 Å². The van der Waals surface area contributed by atoms with E-state index in [-0.39, 0.29) is 5.91 Å². The van der Waals surface area contributed by atoms with Crippen LogP contribution in [-0.4, -0.2) is 38.5 Å². The minimum Gasteiger partial charge on any atom is -0.334 e. The van der Waals surface area contributed by atoms with E-state index >= 15 is 0 Å². The first-order valence-corrected chi connectivity index (χ1v) is 8.68. The van der Waals surface area contributed by atoms with Gasteiger partial charge in [0.1, 0.15) is 5.69 Å². The third kappa shape index (κ3) is 3.84. The summed E-state index contributed by atoms with van der Waals surface area (Å²) in [6.45, 7) is 9.82. The summed E-state index contributed by atoms with van der Waals surface area (Å²) in [7, 11) is 0. The molecule has 1 rings (SSSR count). The van der Waals surface area contributed by atoms with Gasteiger partial charge >= 0.3 is 0 Å². The second-order valence-electron chi connectivity index (χ2n) is 4.85. The number of nitrogens with zero attached hydrogens (tertiary/aromatic N) is 3. The van der Waals surface area contributed by atoms with Crippen LogP contribution in [0.2, 0.25) is 0 Å². The molecule has 0 bridgehead atoms. The number of halogens is 1. The van der Waals surface area contributed by atoms with Crippen molar-refractivity contribution < 1.29 is 4.79 Å². The molecule has 114 valence electrons. The van der Waals surface area contributed by atoms with Crippen molar-refractivity contribution in [1.29, 1.82) is 0 Å². The molecule has 0 aliphatic rings. The van der Waals surface area contributed by atoms with Crippen LogP contribution >= 0.6 is 15.9 Å². The van der Waals surface area contributed by atoms with Crippen LogP contribution in [0.4, 0.5) is 0 Å². The number of alkyl halides is 1. The molecule has 0 saturated heterocycles. The number of aromatic nitrogens is 2. The molecule has 0 aliphatic heterocycles. The molecule has 0 saturated carbocycles. The fraction of sp³-hybridized carbons (Fsp3) is 0.733. The highest BCUT2D eigenvalue weighted by Gasteiger charge is 2.25. The molecule has 1 amide bonds. The summed E-state index contributed by atoms with van der Waals surface area (Å²) in [5.74, 6) is 0.104. The van der Waals surface area contributed by atoms with Crippen molar-refractivity contribution in [2.75, 3.05) is 11.9 Å². The van der Waals surface area contributed by atoms with Crippen molar-refractivity contribution in [2.24, 2.45) is 0 Å². The number of carbonyl (C=O) groups is 1. The first-order chi connectivity index (χ1) is 9.62. The van der Waals surface area contributed by atoms with E-state index in [1.54, 1.807) is 0 Å². The summed E-state index contributed by atoms with van der Waals surface area (Å²) in [6.07, 6.45) is 2.82. The van der Waals surface area contributed by atoms with E-state index in [9.17, 15) is 4.79 Å². The molecular weight excluding hydrogens is 318 g/mol. The highest BCUT2D eigenvalue weighted by molar-refractivity contribution is 9.09. The fourth-order valence-corrected chi connectivity index (χ4v) is 2.86. The molecule has 0 aromatic carbocycles. The molecule has 5 heteroatoms. The van der Waals surface area contributed by atoms with Gasteiger partial charge in [-0.2, -0.15) is 5.10 Å². The predicted molar refractivity (Wildman–Crippen MR) is 86.5 cm³/mol. The lowest BCUT2D eigenvalue weighted by Gasteiger charge is -2.30. The Morgan fingerprint density at radius 3 is 2.45 bits per heavy atom. The molecule has 4 nitrogen and oxygen atoms in total. The second-order valence-corrected chi connectivity index (χ2v) is 5.64. The SMILES string of the molecule is CCc1cc(C(=O)N(CCBr)C(CC)CC)n(CC)n1. The Balaban J connectivity index is 3.07. The van der Waals surface area contributed by atoms with Gasteiger partial charge in [-0.15, -0.1) is 0 Å². The Labute approximate surface area is 130 Å². The standard InChI is InChI=1S/C15H26BrN3O/c1-5-12-11-14(19(8-4)17-12)15(20)18(10-9-16)13(6-2)7-3/h11,13H,5-10H2,1-4H3. The lowest BCUT2D eigenvalue weighted by Crippen LogP contribution is -2.41. The first-order valence-electron chi connectivity index (χ1n) is 7.56. The molecule has 1 aromatic heterocycles. The minimum atomic E-state index is 0.104. The topological polar surface area (TPSA) is 38.1 Å². The number of carbonyl (C=O) groups excluding carboxylic acids is 1. The van der Waals surface area contributed by atoms with E-state index in [0.717, 1.165) is 49.1 Å². The van der Waals surface area contributed by atoms with Crippen LogP contribution in [0, 0.1) is 0 Å². The summed E-state index contributed by atoms with van der Waals surface area (Å²) >= 11 is 3.46. The molecule has 0 spiro atoms. The maximum atomic E-state index is 12.8. The molecule has 0 atom stereocenters. The van der Waals surface area contributed by atoms with Crippen LogP contribution in [0.25, 0.3) is 0 Å². The molecular formula is C15H26BrN3O. The molecule has 0 unspecified atom stereocenters. The van der Waals surface area contributed by atoms with Crippen molar-refractivity contribution in [3.63, 3.8) is 0 Å². The van der Waals surface area contributed by atoms with Gasteiger partial charge in [0.25, 0.3) is 5.91 Å². The monoisotopic (exact) mass is 343 g/mol. The highest BCUT2D eigenvalue weighted by Crippen LogP contribution is 2.15. The fourth-order valence-electron chi connectivity index (χ4n) is 2.47. The summed E-state index contributed by atoms with van der Waals surface area (Å²) < 4.78 is 1.82. The normalized spacial score (nSPS) is 11.1. The Bertz CT molecular complexity index is 427. The smallest absolute Gasteiger partial charge is 0.272 e. The number of rotatable bonds is 8. The van der Waals surface area contributed by atoms with Gasteiger partial charge in [0.05, 0.1) is 5.69 Å². The Hall–Kier alpha value is -0.840. The lowest BCUT2D eigenvalue weighted by atomic mass is 10.1. The van der Waals surface area contributed by atoms with E-state index in [2.05, 4.69) is 41.8 Å². The quantitative estimate of drug-likeness (QED) is 0.677. The van der Waals surface area contributed by atoms with Crippen molar-refractivity contribution in [2.45, 2.75) is 59.5 Å². The maximum Gasteiger partial charge on any atom is 0.272 e. The van der Waals surface area contributed by atoms with Gasteiger partial charge in [0.15, 0.2) is 0 Å². The lowest BCUT2D eigenvalue weighted by molar-refractivity contribution is 0.0670. The summed E-state index contributed by atoms with van der Waals surface area (Å²) in [5.41, 5.74) is 1.70. The Morgan fingerprint density at radius 2 is 2.00 bits per heavy atom. The van der Waals surface area contributed by atoms with Gasteiger partial charge in [-0.3, -0.25) is 9.48 Å². The first kappa shape index (κ1) is 17.2. The van der Waals surface area contributed by atoms with E-state index in [1.165, 1.54) is 0 Å². The molecule has 0 radical (unpaired) electrons. The molecule has 1 aromatic rings. The maximum absolute atomic E-state index is 12.8. The molecule has 0 aliphatic carbocycles.